The van der Waals surface area contributed by atoms with Crippen molar-refractivity contribution >= 4 is 22.1 Å². The molecule has 0 bridgehead atoms. The monoisotopic (exact) mass is 780 g/mol. The van der Waals surface area contributed by atoms with Crippen LogP contribution >= 0.6 is 0 Å². The maximum Gasteiger partial charge on any atom is 0.216 e. The largest absolute Gasteiger partial charge is 0.486 e. The molecule has 7 rings (SSSR count). The zero-order valence-corrected chi connectivity index (χ0v) is 29.5. The summed E-state index contributed by atoms with van der Waals surface area (Å²) in [6, 6.07) is 35.5. The third-order valence-corrected chi connectivity index (χ3v) is 8.22. The van der Waals surface area contributed by atoms with Gasteiger partial charge in [0.15, 0.2) is 0 Å². The summed E-state index contributed by atoms with van der Waals surface area (Å²) in [7, 11) is 0. The van der Waals surface area contributed by atoms with E-state index in [9.17, 15) is 0 Å². The number of benzene rings is 3. The van der Waals surface area contributed by atoms with E-state index in [2.05, 4.69) is 124 Å². The molecule has 5 heteroatoms. The zero-order chi connectivity index (χ0) is 31.5. The van der Waals surface area contributed by atoms with Crippen molar-refractivity contribution in [1.82, 2.24) is 15.0 Å². The van der Waals surface area contributed by atoms with E-state index >= 15 is 0 Å². The van der Waals surface area contributed by atoms with Gasteiger partial charge in [0, 0.05) is 50.0 Å². The molecule has 0 aliphatic rings. The number of nitrogens with zero attached hydrogens (tertiary/aromatic N) is 3. The second-order valence-corrected chi connectivity index (χ2v) is 12.0. The Labute approximate surface area is 285 Å². The van der Waals surface area contributed by atoms with Crippen LogP contribution in [0.25, 0.3) is 44.6 Å². The van der Waals surface area contributed by atoms with Gasteiger partial charge in [0.25, 0.3) is 0 Å². The molecule has 1 radical (unpaired) electrons. The van der Waals surface area contributed by atoms with Crippen LogP contribution in [0.5, 0.6) is 0 Å². The maximum atomic E-state index is 6.26. The molecule has 0 aliphatic carbocycles. The Morgan fingerprint density at radius 2 is 1.50 bits per heavy atom. The number of pyridine rings is 3. The van der Waals surface area contributed by atoms with Gasteiger partial charge in [-0.25, -0.2) is 4.98 Å². The van der Waals surface area contributed by atoms with E-state index in [0.29, 0.717) is 11.6 Å². The Balaban J connectivity index is 0.000000220. The van der Waals surface area contributed by atoms with Crippen LogP contribution in [0.2, 0.25) is 0 Å². The first-order valence-electron chi connectivity index (χ1n) is 15.4. The van der Waals surface area contributed by atoms with Crippen LogP contribution in [0.4, 0.5) is 0 Å². The number of hydrogen-bond acceptors (Lipinski definition) is 4. The van der Waals surface area contributed by atoms with Crippen molar-refractivity contribution in [2.75, 3.05) is 0 Å². The molecule has 4 nitrogen and oxygen atoms in total. The maximum absolute atomic E-state index is 6.26. The molecule has 3 aromatic carbocycles. The third kappa shape index (κ3) is 7.17. The molecule has 0 unspecified atom stereocenters. The fourth-order valence-corrected chi connectivity index (χ4v) is 5.49. The molecule has 233 valence electrons. The third-order valence-electron chi connectivity index (χ3n) is 8.22. The molecule has 0 fully saturated rings. The first kappa shape index (κ1) is 32.9. The van der Waals surface area contributed by atoms with Crippen LogP contribution in [0.15, 0.2) is 102 Å². The molecule has 46 heavy (non-hydrogen) atoms. The predicted octanol–water partition coefficient (Wildman–Crippen LogP) is 10.3. The fourth-order valence-electron chi connectivity index (χ4n) is 5.49. The second-order valence-electron chi connectivity index (χ2n) is 12.0. The van der Waals surface area contributed by atoms with E-state index in [1.807, 2.05) is 36.7 Å². The quantitative estimate of drug-likeness (QED) is 0.163. The second kappa shape index (κ2) is 14.3. The fraction of sp³-hybridized carbons (Fsp3) is 0.195. The number of aryl methyl sites for hydroxylation is 4. The van der Waals surface area contributed by atoms with Crippen LogP contribution < -0.4 is 0 Å². The SMILES string of the molecule is Cc1c[c-]c(-c2cc(C)c(C)cn2)cc1.Cc1cnc(-c2[c-]ccc3c2oc2nc(Cc4ccccc4)ccc23)cc1C(C)C.[Ir]. The minimum Gasteiger partial charge on any atom is -0.486 e. The van der Waals surface area contributed by atoms with Crippen LogP contribution in [-0.4, -0.2) is 15.0 Å². The first-order chi connectivity index (χ1) is 21.8. The van der Waals surface area contributed by atoms with Gasteiger partial charge >= 0.3 is 0 Å². The smallest absolute Gasteiger partial charge is 0.216 e. The zero-order valence-electron chi connectivity index (χ0n) is 27.1. The van der Waals surface area contributed by atoms with Gasteiger partial charge in [-0.15, -0.1) is 53.6 Å². The van der Waals surface area contributed by atoms with Crippen LogP contribution in [0, 0.1) is 39.8 Å². The summed E-state index contributed by atoms with van der Waals surface area (Å²) in [6.45, 7) is 12.8. The van der Waals surface area contributed by atoms with Gasteiger partial charge in [0.1, 0.15) is 0 Å². The van der Waals surface area contributed by atoms with Gasteiger partial charge in [-0.2, -0.15) is 0 Å². The first-order valence-corrected chi connectivity index (χ1v) is 15.4. The molecule has 4 aromatic heterocycles. The number of aromatic nitrogens is 3. The minimum atomic E-state index is 0. The molecule has 0 saturated carbocycles. The predicted molar refractivity (Wildman–Crippen MR) is 184 cm³/mol. The number of fused-ring (bicyclic) bond motifs is 3. The van der Waals surface area contributed by atoms with Gasteiger partial charge in [0.2, 0.25) is 5.71 Å². The van der Waals surface area contributed by atoms with Gasteiger partial charge in [-0.1, -0.05) is 79.7 Å². The Bertz CT molecular complexity index is 2100. The summed E-state index contributed by atoms with van der Waals surface area (Å²) in [5, 5.41) is 2.07. The number of hydrogen-bond donors (Lipinski definition) is 0. The van der Waals surface area contributed by atoms with Gasteiger partial charge in [-0.05, 0) is 72.5 Å². The van der Waals surface area contributed by atoms with Crippen molar-refractivity contribution in [3.63, 3.8) is 0 Å². The summed E-state index contributed by atoms with van der Waals surface area (Å²) in [5.74, 6) is 0.434. The van der Waals surface area contributed by atoms with E-state index in [1.54, 1.807) is 0 Å². The molecule has 0 N–H and O–H groups in total. The van der Waals surface area contributed by atoms with Crippen molar-refractivity contribution in [2.24, 2.45) is 0 Å². The topological polar surface area (TPSA) is 51.8 Å². The Morgan fingerprint density at radius 1 is 0.739 bits per heavy atom. The molecule has 0 saturated heterocycles. The van der Waals surface area contributed by atoms with Crippen molar-refractivity contribution in [2.45, 2.75) is 53.9 Å². The van der Waals surface area contributed by atoms with Crippen molar-refractivity contribution < 1.29 is 24.5 Å². The molecule has 0 aliphatic heterocycles. The normalized spacial score (nSPS) is 10.9. The summed E-state index contributed by atoms with van der Waals surface area (Å²) < 4.78 is 6.26. The molecule has 0 atom stereocenters. The summed E-state index contributed by atoms with van der Waals surface area (Å²) in [4.78, 5) is 13.9. The molecular formula is C41H37IrN3O-2. The summed E-state index contributed by atoms with van der Waals surface area (Å²) in [6.07, 6.45) is 4.64. The van der Waals surface area contributed by atoms with Crippen LogP contribution in [-0.2, 0) is 26.5 Å². The Hall–Kier alpha value is -4.44. The molecular weight excluding hydrogens is 743 g/mol. The Morgan fingerprint density at radius 3 is 2.22 bits per heavy atom. The van der Waals surface area contributed by atoms with Crippen LogP contribution in [0.1, 0.15) is 58.8 Å². The number of rotatable bonds is 5. The standard InChI is InChI=1S/C27H23N2O.C14H14N.Ir/c1-17(2)24-15-25(28-16-18(24)3)23-11-7-10-21-22-13-12-20(29-27(22)30-26(21)23)14-19-8-5-4-6-9-19;1-10-4-6-13(7-5-10)14-8-11(2)12(3)9-15-14;/h4-10,12-13,15-17H,14H2,1-3H3;4-6,8-9H,1-3H3;/q2*-1;. The van der Waals surface area contributed by atoms with Crippen molar-refractivity contribution in [3.05, 3.63) is 149 Å². The Kier molecular flexibility index (Phi) is 10.3. The van der Waals surface area contributed by atoms with Gasteiger partial charge in [0.05, 0.1) is 5.58 Å². The minimum absolute atomic E-state index is 0. The van der Waals surface area contributed by atoms with Crippen LogP contribution in [0.3, 0.4) is 0 Å². The molecule has 7 aromatic rings. The average Bonchev–Trinajstić information content (AvgIpc) is 3.42. The van der Waals surface area contributed by atoms with E-state index in [-0.39, 0.29) is 20.1 Å². The molecule has 4 heterocycles. The van der Waals surface area contributed by atoms with E-state index in [1.165, 1.54) is 33.4 Å². The molecule has 0 spiro atoms. The van der Waals surface area contributed by atoms with E-state index < -0.39 is 0 Å². The number of furan rings is 1. The average molecular weight is 780 g/mol. The van der Waals surface area contributed by atoms with Gasteiger partial charge in [-0.3, -0.25) is 0 Å². The van der Waals surface area contributed by atoms with Crippen molar-refractivity contribution in [1.29, 1.82) is 0 Å². The van der Waals surface area contributed by atoms with E-state index in [0.717, 1.165) is 51.0 Å². The van der Waals surface area contributed by atoms with E-state index in [4.69, 9.17) is 9.40 Å². The van der Waals surface area contributed by atoms with Gasteiger partial charge < -0.3 is 14.4 Å². The molecule has 0 amide bonds. The summed E-state index contributed by atoms with van der Waals surface area (Å²) in [5.41, 5.74) is 13.7. The van der Waals surface area contributed by atoms with Crippen molar-refractivity contribution in [3.8, 4) is 22.5 Å². The summed E-state index contributed by atoms with van der Waals surface area (Å²) >= 11 is 0.